The zero-order valence-corrected chi connectivity index (χ0v) is 16.2. The van der Waals surface area contributed by atoms with E-state index in [9.17, 15) is 0 Å². The Morgan fingerprint density at radius 3 is 0.184 bits per heavy atom. The predicted octanol–water partition coefficient (Wildman–Crippen LogP) is 0.705. The normalized spacial score (nSPS) is 5.68. The third-order valence-electron chi connectivity index (χ3n) is 0. The molecule has 0 unspecified atom stereocenters. The van der Waals surface area contributed by atoms with Gasteiger partial charge in [0, 0.05) is 0 Å². The third kappa shape index (κ3) is 1390. The fraction of sp³-hybridized carbons (Fsp3) is 0. The second-order valence-corrected chi connectivity index (χ2v) is 2.54. The summed E-state index contributed by atoms with van der Waals surface area (Å²) in [5.74, 6) is 0. The van der Waals surface area contributed by atoms with Crippen LogP contribution in [-0.2, 0) is 0 Å². The van der Waals surface area contributed by atoms with Crippen LogP contribution in [0.2, 0.25) is 0 Å². The predicted molar refractivity (Wildman–Crippen MR) is 110 cm³/mol. The molecule has 220 valence electrons. The van der Waals surface area contributed by atoms with Crippen LogP contribution in [0.25, 0.3) is 0 Å². The molecule has 0 radical (unpaired) electrons. The molecular formula is C9H20Na2O27. The minimum atomic E-state index is -1.83. The molecule has 0 amide bonds. The number of carboxylic acid groups (broad SMARTS) is 18. The van der Waals surface area contributed by atoms with Crippen molar-refractivity contribution in [2.24, 2.45) is 0 Å². The molecule has 0 spiro atoms. The number of hydrogen-bond donors (Lipinski definition) is 18. The first-order valence-corrected chi connectivity index (χ1v) is 5.86. The average Bonchev–Trinajstić information content (AvgIpc) is 2.39. The van der Waals surface area contributed by atoms with Gasteiger partial charge in [-0.1, -0.05) is 0 Å². The van der Waals surface area contributed by atoms with E-state index in [1.54, 1.807) is 0 Å². The van der Waals surface area contributed by atoms with Gasteiger partial charge in [0.15, 0.2) is 0 Å². The summed E-state index contributed by atoms with van der Waals surface area (Å²) in [5, 5.41) is 126. The van der Waals surface area contributed by atoms with Gasteiger partial charge in [-0.2, -0.15) is 0 Å². The second-order valence-electron chi connectivity index (χ2n) is 2.54. The van der Waals surface area contributed by atoms with Crippen LogP contribution in [0.4, 0.5) is 43.2 Å². The SMILES string of the molecule is O=C(O)O.O=C(O)O.O=C(O)O.O=C(O)O.O=C(O)O.O=C(O)O.O=C(O)O.O=C(O)O.O=C(O)O.[NaH].[NaH]. The molecule has 0 aromatic heterocycles. The summed E-state index contributed by atoms with van der Waals surface area (Å²) in [7, 11) is 0. The number of hydrogen-bond acceptors (Lipinski definition) is 9. The van der Waals surface area contributed by atoms with E-state index in [0.29, 0.717) is 0 Å². The molecule has 0 bridgehead atoms. The Labute approximate surface area is 248 Å². The zero-order chi connectivity index (χ0) is 32.2. The first kappa shape index (κ1) is 69.9. The van der Waals surface area contributed by atoms with Gasteiger partial charge in [0.25, 0.3) is 0 Å². The molecule has 0 heterocycles. The molecule has 0 aliphatic carbocycles. The molecule has 38 heavy (non-hydrogen) atoms. The van der Waals surface area contributed by atoms with Gasteiger partial charge < -0.3 is 91.9 Å². The van der Waals surface area contributed by atoms with Crippen molar-refractivity contribution in [2.75, 3.05) is 0 Å². The first-order valence-electron chi connectivity index (χ1n) is 5.86. The van der Waals surface area contributed by atoms with E-state index in [4.69, 9.17) is 135 Å². The maximum atomic E-state index is 8.56. The molecule has 0 rings (SSSR count). The summed E-state index contributed by atoms with van der Waals surface area (Å²) in [6.07, 6.45) is -16.5. The molecule has 0 aromatic rings. The summed E-state index contributed by atoms with van der Waals surface area (Å²) >= 11 is 0. The Bertz CT molecular complexity index is 419. The Hall–Kier alpha value is -4.57. The quantitative estimate of drug-likeness (QED) is 0.169. The number of carbonyl (C=O) groups is 9. The Kier molecular flexibility index (Phi) is 117. The van der Waals surface area contributed by atoms with Gasteiger partial charge in [0.2, 0.25) is 0 Å². The van der Waals surface area contributed by atoms with E-state index in [-0.39, 0.29) is 59.1 Å². The van der Waals surface area contributed by atoms with Crippen LogP contribution in [0.15, 0.2) is 0 Å². The van der Waals surface area contributed by atoms with E-state index in [1.807, 2.05) is 0 Å². The van der Waals surface area contributed by atoms with Gasteiger partial charge in [-0.25, -0.2) is 43.2 Å². The van der Waals surface area contributed by atoms with Crippen molar-refractivity contribution >= 4 is 115 Å². The average molecular weight is 606 g/mol. The number of rotatable bonds is 0. The fourth-order valence-electron chi connectivity index (χ4n) is 0. The van der Waals surface area contributed by atoms with E-state index < -0.39 is 55.4 Å². The summed E-state index contributed by atoms with van der Waals surface area (Å²) in [4.78, 5) is 77.0. The van der Waals surface area contributed by atoms with Crippen LogP contribution in [0.3, 0.4) is 0 Å². The molecular weight excluding hydrogens is 586 g/mol. The van der Waals surface area contributed by atoms with Gasteiger partial charge >= 0.3 is 115 Å². The molecule has 0 aliphatic rings. The summed E-state index contributed by atoms with van der Waals surface area (Å²) in [5.41, 5.74) is 0. The van der Waals surface area contributed by atoms with Crippen molar-refractivity contribution in [3.8, 4) is 0 Å². The van der Waals surface area contributed by atoms with Crippen molar-refractivity contribution in [3.63, 3.8) is 0 Å². The maximum absolute atomic E-state index is 8.56. The van der Waals surface area contributed by atoms with Crippen molar-refractivity contribution in [3.05, 3.63) is 0 Å². The first-order chi connectivity index (χ1) is 15.6. The molecule has 18 N–H and O–H groups in total. The van der Waals surface area contributed by atoms with Crippen LogP contribution >= 0.6 is 0 Å². The molecule has 0 aromatic carbocycles. The molecule has 27 nitrogen and oxygen atoms in total. The molecule has 0 saturated heterocycles. The Morgan fingerprint density at radius 1 is 0.184 bits per heavy atom. The molecule has 0 fully saturated rings. The fourth-order valence-corrected chi connectivity index (χ4v) is 0. The van der Waals surface area contributed by atoms with Crippen molar-refractivity contribution < 1.29 is 135 Å². The van der Waals surface area contributed by atoms with Gasteiger partial charge in [-0.05, 0) is 0 Å². The standard InChI is InChI=1S/9CH2O3.2Na.2H/c9*2-1(3)4;;;;/h9*(H2,2,3,4);;;;. The van der Waals surface area contributed by atoms with Crippen LogP contribution in [0, 0.1) is 0 Å². The zero-order valence-electron chi connectivity index (χ0n) is 16.2. The van der Waals surface area contributed by atoms with Crippen LogP contribution in [-0.4, -0.2) is 206 Å². The van der Waals surface area contributed by atoms with E-state index in [1.165, 1.54) is 0 Å². The molecule has 0 saturated carbocycles. The van der Waals surface area contributed by atoms with Gasteiger partial charge in [0.05, 0.1) is 0 Å². The van der Waals surface area contributed by atoms with Gasteiger partial charge in [-0.3, -0.25) is 0 Å². The molecule has 29 heteroatoms. The van der Waals surface area contributed by atoms with Crippen molar-refractivity contribution in [2.45, 2.75) is 0 Å². The van der Waals surface area contributed by atoms with Gasteiger partial charge in [0.1, 0.15) is 0 Å². The van der Waals surface area contributed by atoms with Crippen molar-refractivity contribution in [1.82, 2.24) is 0 Å². The third-order valence-corrected chi connectivity index (χ3v) is 0. The summed E-state index contributed by atoms with van der Waals surface area (Å²) < 4.78 is 0. The summed E-state index contributed by atoms with van der Waals surface area (Å²) in [6.45, 7) is 0. The van der Waals surface area contributed by atoms with Gasteiger partial charge in [-0.15, -0.1) is 0 Å². The van der Waals surface area contributed by atoms with E-state index in [0.717, 1.165) is 0 Å². The summed E-state index contributed by atoms with van der Waals surface area (Å²) in [6, 6.07) is 0. The molecule has 0 aliphatic heterocycles. The monoisotopic (exact) mass is 606 g/mol. The van der Waals surface area contributed by atoms with Crippen LogP contribution in [0.1, 0.15) is 0 Å². The van der Waals surface area contributed by atoms with Crippen LogP contribution in [0.5, 0.6) is 0 Å². The minimum absolute atomic E-state index is 0. The second kappa shape index (κ2) is 63.7. The Morgan fingerprint density at radius 2 is 0.184 bits per heavy atom. The van der Waals surface area contributed by atoms with Crippen molar-refractivity contribution in [1.29, 1.82) is 0 Å². The Balaban J connectivity index is -0.0000000238. The molecule has 0 atom stereocenters. The van der Waals surface area contributed by atoms with E-state index in [2.05, 4.69) is 0 Å². The topological polar surface area (TPSA) is 518 Å². The van der Waals surface area contributed by atoms with Crippen LogP contribution < -0.4 is 0 Å². The van der Waals surface area contributed by atoms with E-state index >= 15 is 0 Å².